The van der Waals surface area contributed by atoms with E-state index in [1.54, 1.807) is 13.3 Å². The zero-order chi connectivity index (χ0) is 19.1. The molecule has 2 heterocycles. The molecule has 0 amide bonds. The summed E-state index contributed by atoms with van der Waals surface area (Å²) in [7, 11) is 1.63. The van der Waals surface area contributed by atoms with Crippen molar-refractivity contribution in [1.82, 2.24) is 15.6 Å². The molecule has 2 N–H and O–H groups in total. The molecule has 6 nitrogen and oxygen atoms in total. The minimum atomic E-state index is 0. The number of aromatic nitrogens is 1. The fourth-order valence-electron chi connectivity index (χ4n) is 3.21. The lowest BCUT2D eigenvalue weighted by molar-refractivity contribution is 0.392. The van der Waals surface area contributed by atoms with Crippen molar-refractivity contribution < 1.29 is 4.74 Å². The number of aliphatic imine (C=N–C) groups is 1. The number of pyridine rings is 1. The number of guanidine groups is 1. The van der Waals surface area contributed by atoms with Crippen LogP contribution in [0, 0.1) is 0 Å². The van der Waals surface area contributed by atoms with Crippen molar-refractivity contribution in [2.75, 3.05) is 31.6 Å². The number of ether oxygens (including phenoxy) is 1. The molecule has 8 heteroatoms. The minimum Gasteiger partial charge on any atom is -0.481 e. The summed E-state index contributed by atoms with van der Waals surface area (Å²) < 4.78 is 6.45. The van der Waals surface area contributed by atoms with Crippen molar-refractivity contribution in [3.05, 3.63) is 52.6 Å². The molecule has 0 saturated carbocycles. The fourth-order valence-corrected chi connectivity index (χ4v) is 3.75. The number of anilines is 1. The zero-order valence-electron chi connectivity index (χ0n) is 16.2. The molecule has 1 aromatic carbocycles. The van der Waals surface area contributed by atoms with Gasteiger partial charge < -0.3 is 20.3 Å². The number of rotatable bonds is 6. The average Bonchev–Trinajstić information content (AvgIpc) is 3.15. The highest BCUT2D eigenvalue weighted by Crippen LogP contribution is 2.28. The zero-order valence-corrected chi connectivity index (χ0v) is 20.1. The summed E-state index contributed by atoms with van der Waals surface area (Å²) in [6.45, 7) is 5.38. The van der Waals surface area contributed by atoms with Gasteiger partial charge in [0.1, 0.15) is 0 Å². The van der Waals surface area contributed by atoms with Crippen LogP contribution in [0.5, 0.6) is 5.88 Å². The number of halogens is 2. The Balaban J connectivity index is 0.00000280. The fraction of sp³-hybridized carbons (Fsp3) is 0.400. The van der Waals surface area contributed by atoms with E-state index in [1.165, 1.54) is 5.69 Å². The summed E-state index contributed by atoms with van der Waals surface area (Å²) in [4.78, 5) is 11.3. The second kappa shape index (κ2) is 11.5. The van der Waals surface area contributed by atoms with Crippen LogP contribution in [0.2, 0.25) is 0 Å². The van der Waals surface area contributed by atoms with Crippen LogP contribution in [0.25, 0.3) is 0 Å². The molecule has 1 saturated heterocycles. The van der Waals surface area contributed by atoms with Crippen LogP contribution in [-0.2, 0) is 6.54 Å². The van der Waals surface area contributed by atoms with Gasteiger partial charge in [-0.3, -0.25) is 0 Å². The van der Waals surface area contributed by atoms with Crippen LogP contribution in [0.1, 0.15) is 18.9 Å². The average molecular weight is 560 g/mol. The van der Waals surface area contributed by atoms with E-state index in [0.29, 0.717) is 18.5 Å². The van der Waals surface area contributed by atoms with Crippen LogP contribution in [0.4, 0.5) is 5.69 Å². The highest BCUT2D eigenvalue weighted by molar-refractivity contribution is 14.0. The van der Waals surface area contributed by atoms with E-state index >= 15 is 0 Å². The van der Waals surface area contributed by atoms with E-state index in [2.05, 4.69) is 61.6 Å². The Labute approximate surface area is 192 Å². The number of benzene rings is 1. The SMILES string of the molecule is CCNC(=NCc1cccnc1OC)NC1CCN(c2ccccc2Br)C1.I. The summed E-state index contributed by atoms with van der Waals surface area (Å²) >= 11 is 3.65. The van der Waals surface area contributed by atoms with Gasteiger partial charge in [0.15, 0.2) is 5.96 Å². The largest absolute Gasteiger partial charge is 0.481 e. The molecule has 1 atom stereocenters. The molecule has 0 spiro atoms. The van der Waals surface area contributed by atoms with E-state index in [4.69, 9.17) is 9.73 Å². The Morgan fingerprint density at radius 2 is 2.14 bits per heavy atom. The van der Waals surface area contributed by atoms with Gasteiger partial charge in [0.25, 0.3) is 0 Å². The first kappa shape index (κ1) is 22.7. The lowest BCUT2D eigenvalue weighted by Crippen LogP contribution is -2.44. The third kappa shape index (κ3) is 5.97. The van der Waals surface area contributed by atoms with Crippen LogP contribution in [0.15, 0.2) is 52.1 Å². The summed E-state index contributed by atoms with van der Waals surface area (Å²) in [5.74, 6) is 1.44. The van der Waals surface area contributed by atoms with Gasteiger partial charge in [-0.05, 0) is 47.5 Å². The predicted molar refractivity (Wildman–Crippen MR) is 129 cm³/mol. The molecular weight excluding hydrogens is 533 g/mol. The van der Waals surface area contributed by atoms with Crippen molar-refractivity contribution in [1.29, 1.82) is 0 Å². The topological polar surface area (TPSA) is 61.8 Å². The lowest BCUT2D eigenvalue weighted by Gasteiger charge is -2.21. The van der Waals surface area contributed by atoms with Gasteiger partial charge in [-0.25, -0.2) is 9.98 Å². The first-order valence-corrected chi connectivity index (χ1v) is 10.0. The Morgan fingerprint density at radius 1 is 1.32 bits per heavy atom. The maximum Gasteiger partial charge on any atom is 0.218 e. The van der Waals surface area contributed by atoms with E-state index in [0.717, 1.165) is 42.1 Å². The number of nitrogens with one attached hydrogen (secondary N) is 2. The lowest BCUT2D eigenvalue weighted by atomic mass is 10.2. The molecule has 1 aliphatic rings. The van der Waals surface area contributed by atoms with Crippen LogP contribution < -0.4 is 20.3 Å². The summed E-state index contributed by atoms with van der Waals surface area (Å²) in [6, 6.07) is 12.6. The maximum absolute atomic E-state index is 5.31. The molecule has 1 unspecified atom stereocenters. The van der Waals surface area contributed by atoms with Crippen LogP contribution >= 0.6 is 39.9 Å². The Morgan fingerprint density at radius 3 is 2.89 bits per heavy atom. The predicted octanol–water partition coefficient (Wildman–Crippen LogP) is 3.80. The van der Waals surface area contributed by atoms with Gasteiger partial charge >= 0.3 is 0 Å². The summed E-state index contributed by atoms with van der Waals surface area (Å²) in [5.41, 5.74) is 2.21. The van der Waals surface area contributed by atoms with Gasteiger partial charge in [-0.15, -0.1) is 24.0 Å². The number of hydrogen-bond acceptors (Lipinski definition) is 4. The molecule has 1 aliphatic heterocycles. The molecule has 2 aromatic rings. The smallest absolute Gasteiger partial charge is 0.218 e. The second-order valence-corrected chi connectivity index (χ2v) is 7.25. The Bertz CT molecular complexity index is 789. The first-order chi connectivity index (χ1) is 13.2. The first-order valence-electron chi connectivity index (χ1n) is 9.23. The van der Waals surface area contributed by atoms with Gasteiger partial charge in [-0.2, -0.15) is 0 Å². The quantitative estimate of drug-likeness (QED) is 0.320. The molecule has 0 aliphatic carbocycles. The Kier molecular flexibility index (Phi) is 9.30. The summed E-state index contributed by atoms with van der Waals surface area (Å²) in [6.07, 6.45) is 2.80. The third-order valence-corrected chi connectivity index (χ3v) is 5.19. The van der Waals surface area contributed by atoms with Crippen LogP contribution in [-0.4, -0.2) is 43.7 Å². The second-order valence-electron chi connectivity index (χ2n) is 6.39. The number of methoxy groups -OCH3 is 1. The molecule has 0 bridgehead atoms. The molecule has 3 rings (SSSR count). The number of para-hydroxylation sites is 1. The van der Waals surface area contributed by atoms with Crippen LogP contribution in [0.3, 0.4) is 0 Å². The summed E-state index contributed by atoms with van der Waals surface area (Å²) in [5, 5.41) is 6.90. The molecule has 1 fully saturated rings. The van der Waals surface area contributed by atoms with Gasteiger partial charge in [0.05, 0.1) is 19.3 Å². The van der Waals surface area contributed by atoms with Gasteiger partial charge in [0, 0.05) is 41.9 Å². The monoisotopic (exact) mass is 559 g/mol. The van der Waals surface area contributed by atoms with Crippen molar-refractivity contribution in [3.63, 3.8) is 0 Å². The van der Waals surface area contributed by atoms with E-state index in [1.807, 2.05) is 18.2 Å². The minimum absolute atomic E-state index is 0. The van der Waals surface area contributed by atoms with Gasteiger partial charge in [-0.1, -0.05) is 18.2 Å². The molecule has 152 valence electrons. The van der Waals surface area contributed by atoms with Crippen molar-refractivity contribution in [3.8, 4) is 5.88 Å². The van der Waals surface area contributed by atoms with Crippen molar-refractivity contribution in [2.45, 2.75) is 25.9 Å². The normalized spacial score (nSPS) is 16.5. The van der Waals surface area contributed by atoms with Crippen molar-refractivity contribution in [2.24, 2.45) is 4.99 Å². The van der Waals surface area contributed by atoms with E-state index in [9.17, 15) is 0 Å². The third-order valence-electron chi connectivity index (χ3n) is 4.52. The number of nitrogens with zero attached hydrogens (tertiary/aromatic N) is 3. The molecule has 28 heavy (non-hydrogen) atoms. The molecule has 1 aromatic heterocycles. The Hall–Kier alpha value is -1.55. The molecular formula is C20H27BrIN5O. The van der Waals surface area contributed by atoms with E-state index < -0.39 is 0 Å². The highest BCUT2D eigenvalue weighted by Gasteiger charge is 2.24. The molecule has 0 radical (unpaired) electrons. The standard InChI is InChI=1S/C20H26BrN5O.HI/c1-3-22-20(24-13-15-7-6-11-23-19(15)27-2)25-16-10-12-26(14-16)18-9-5-4-8-17(18)21;/h4-9,11,16H,3,10,12-14H2,1-2H3,(H2,22,24,25);1H. The van der Waals surface area contributed by atoms with Crippen molar-refractivity contribution >= 4 is 51.6 Å². The maximum atomic E-state index is 5.31. The van der Waals surface area contributed by atoms with E-state index in [-0.39, 0.29) is 24.0 Å². The highest BCUT2D eigenvalue weighted by atomic mass is 127. The number of hydrogen-bond donors (Lipinski definition) is 2. The van der Waals surface area contributed by atoms with Gasteiger partial charge in [0.2, 0.25) is 5.88 Å².